The van der Waals surface area contributed by atoms with Crippen LogP contribution < -0.4 is 0 Å². The summed E-state index contributed by atoms with van der Waals surface area (Å²) >= 11 is 0. The van der Waals surface area contributed by atoms with Gasteiger partial charge in [-0.25, -0.2) is 0 Å². The van der Waals surface area contributed by atoms with Crippen molar-refractivity contribution in [2.24, 2.45) is 21.7 Å². The van der Waals surface area contributed by atoms with E-state index in [0.29, 0.717) is 0 Å². The Bertz CT molecular complexity index is 493. The van der Waals surface area contributed by atoms with Crippen molar-refractivity contribution in [1.29, 1.82) is 0 Å². The summed E-state index contributed by atoms with van der Waals surface area (Å²) in [4.78, 5) is 34.2. The Morgan fingerprint density at radius 1 is 0.615 bits per heavy atom. The molecular formula is C20H38O6. The van der Waals surface area contributed by atoms with Gasteiger partial charge in [0.25, 0.3) is 0 Å². The van der Waals surface area contributed by atoms with Gasteiger partial charge in [0.2, 0.25) is 0 Å². The van der Waals surface area contributed by atoms with Crippen molar-refractivity contribution < 1.29 is 28.6 Å². The normalized spacial score (nSPS) is 14.3. The third-order valence-electron chi connectivity index (χ3n) is 5.59. The van der Waals surface area contributed by atoms with E-state index in [1.807, 2.05) is 55.4 Å². The van der Waals surface area contributed by atoms with Crippen molar-refractivity contribution in [2.75, 3.05) is 21.3 Å². The molecule has 0 aliphatic carbocycles. The van der Waals surface area contributed by atoms with E-state index in [1.54, 1.807) is 6.92 Å². The van der Waals surface area contributed by atoms with E-state index in [0.717, 1.165) is 0 Å². The molecule has 0 aliphatic heterocycles. The van der Waals surface area contributed by atoms with Crippen LogP contribution in [0.1, 0.15) is 68.7 Å². The molecule has 0 aromatic rings. The maximum atomic E-state index is 11.7. The third-order valence-corrected chi connectivity index (χ3v) is 5.59. The van der Waals surface area contributed by atoms with Gasteiger partial charge >= 0.3 is 17.9 Å². The molecule has 0 aliphatic rings. The molecule has 0 spiro atoms. The van der Waals surface area contributed by atoms with Crippen LogP contribution in [-0.2, 0) is 28.6 Å². The third kappa shape index (κ3) is 6.61. The van der Waals surface area contributed by atoms with E-state index in [2.05, 4.69) is 4.74 Å². The average molecular weight is 375 g/mol. The first-order valence-electron chi connectivity index (χ1n) is 8.66. The van der Waals surface area contributed by atoms with E-state index in [9.17, 15) is 14.4 Å². The van der Waals surface area contributed by atoms with Crippen LogP contribution in [0.2, 0.25) is 0 Å². The maximum Gasteiger partial charge on any atom is 0.312 e. The van der Waals surface area contributed by atoms with Crippen molar-refractivity contribution in [1.82, 2.24) is 0 Å². The molecule has 0 bridgehead atoms. The van der Waals surface area contributed by atoms with Gasteiger partial charge in [0.05, 0.1) is 38.6 Å². The summed E-state index contributed by atoms with van der Waals surface area (Å²) in [6, 6.07) is 0. The van der Waals surface area contributed by atoms with Gasteiger partial charge in [-0.15, -0.1) is 0 Å². The van der Waals surface area contributed by atoms with E-state index < -0.39 is 16.8 Å². The fraction of sp³-hybridized carbons (Fsp3) is 0.850. The minimum Gasteiger partial charge on any atom is -0.469 e. The van der Waals surface area contributed by atoms with Gasteiger partial charge in [-0.1, -0.05) is 41.5 Å². The van der Waals surface area contributed by atoms with Gasteiger partial charge in [-0.3, -0.25) is 14.4 Å². The summed E-state index contributed by atoms with van der Waals surface area (Å²) in [6.45, 7) is 17.3. The second-order valence-electron chi connectivity index (χ2n) is 9.19. The molecule has 26 heavy (non-hydrogen) atoms. The van der Waals surface area contributed by atoms with Crippen molar-refractivity contribution in [3.8, 4) is 0 Å². The lowest BCUT2D eigenvalue weighted by molar-refractivity contribution is -0.165. The first kappa shape index (κ1) is 26.6. The lowest BCUT2D eigenvalue weighted by Gasteiger charge is -2.38. The minimum atomic E-state index is -0.866. The zero-order chi connectivity index (χ0) is 21.6. The summed E-state index contributed by atoms with van der Waals surface area (Å²) in [6.07, 6.45) is 0.0275. The standard InChI is InChI=1S/C11H20O4.C9H18O2/c1-10(2,3)11(4,9(13)15-6)7-8(12)14-5;1-8(2,3)9(4,5)7(10)11-6/h7H2,1-6H3;1-6H3. The summed E-state index contributed by atoms with van der Waals surface area (Å²) in [5.74, 6) is -0.941. The Morgan fingerprint density at radius 3 is 1.19 bits per heavy atom. The summed E-state index contributed by atoms with van der Waals surface area (Å²) in [7, 11) is 4.06. The summed E-state index contributed by atoms with van der Waals surface area (Å²) in [5.41, 5.74) is -1.70. The van der Waals surface area contributed by atoms with Gasteiger partial charge in [-0.05, 0) is 31.6 Å². The molecule has 0 amide bonds. The molecular weight excluding hydrogens is 336 g/mol. The molecule has 6 heteroatoms. The number of ether oxygens (including phenoxy) is 3. The highest BCUT2D eigenvalue weighted by Gasteiger charge is 2.47. The number of esters is 3. The van der Waals surface area contributed by atoms with Crippen LogP contribution in [0, 0.1) is 21.7 Å². The van der Waals surface area contributed by atoms with Crippen LogP contribution in [0.15, 0.2) is 0 Å². The molecule has 0 aromatic heterocycles. The summed E-state index contributed by atoms with van der Waals surface area (Å²) < 4.78 is 14.0. The number of rotatable bonds is 4. The molecule has 0 rings (SSSR count). The highest BCUT2D eigenvalue weighted by Crippen LogP contribution is 2.42. The molecule has 1 unspecified atom stereocenters. The quantitative estimate of drug-likeness (QED) is 0.546. The second-order valence-corrected chi connectivity index (χ2v) is 9.19. The minimum absolute atomic E-state index is 0.0275. The zero-order valence-corrected chi connectivity index (χ0v) is 18.7. The lowest BCUT2D eigenvalue weighted by Crippen LogP contribution is -2.43. The predicted molar refractivity (Wildman–Crippen MR) is 101 cm³/mol. The molecule has 0 aromatic carbocycles. The van der Waals surface area contributed by atoms with E-state index in [-0.39, 0.29) is 29.2 Å². The van der Waals surface area contributed by atoms with Gasteiger partial charge in [0.15, 0.2) is 0 Å². The van der Waals surface area contributed by atoms with Crippen LogP contribution in [0.3, 0.4) is 0 Å². The summed E-state index contributed by atoms with van der Waals surface area (Å²) in [5, 5.41) is 0. The highest BCUT2D eigenvalue weighted by molar-refractivity contribution is 5.83. The number of carbonyl (C=O) groups excluding carboxylic acids is 3. The number of hydrogen-bond donors (Lipinski definition) is 0. The average Bonchev–Trinajstić information content (AvgIpc) is 2.51. The van der Waals surface area contributed by atoms with Crippen LogP contribution >= 0.6 is 0 Å². The molecule has 0 radical (unpaired) electrons. The van der Waals surface area contributed by atoms with Gasteiger partial charge < -0.3 is 14.2 Å². The van der Waals surface area contributed by atoms with Gasteiger partial charge in [-0.2, -0.15) is 0 Å². The monoisotopic (exact) mass is 374 g/mol. The van der Waals surface area contributed by atoms with Crippen LogP contribution in [0.5, 0.6) is 0 Å². The number of methoxy groups -OCH3 is 3. The van der Waals surface area contributed by atoms with E-state index >= 15 is 0 Å². The highest BCUT2D eigenvalue weighted by atomic mass is 16.5. The number of carbonyl (C=O) groups is 3. The Hall–Kier alpha value is -1.59. The van der Waals surface area contributed by atoms with E-state index in [1.165, 1.54) is 21.3 Å². The molecule has 6 nitrogen and oxygen atoms in total. The topological polar surface area (TPSA) is 78.9 Å². The molecule has 0 saturated heterocycles. The Balaban J connectivity index is 0. The second kappa shape index (κ2) is 9.38. The SMILES string of the molecule is COC(=O)C(C)(C)C(C)(C)C.COC(=O)CC(C)(C(=O)OC)C(C)(C)C. The first-order chi connectivity index (χ1) is 11.4. The Labute approximate surface area is 159 Å². The number of hydrogen-bond acceptors (Lipinski definition) is 6. The Morgan fingerprint density at radius 2 is 1.00 bits per heavy atom. The fourth-order valence-electron chi connectivity index (χ4n) is 1.79. The Kier molecular flexibility index (Phi) is 9.61. The van der Waals surface area contributed by atoms with Crippen LogP contribution in [0.25, 0.3) is 0 Å². The van der Waals surface area contributed by atoms with Gasteiger partial charge in [0, 0.05) is 0 Å². The molecule has 0 heterocycles. The van der Waals surface area contributed by atoms with Crippen LogP contribution in [-0.4, -0.2) is 39.2 Å². The first-order valence-corrected chi connectivity index (χ1v) is 8.66. The van der Waals surface area contributed by atoms with E-state index in [4.69, 9.17) is 9.47 Å². The molecule has 1 atom stereocenters. The van der Waals surface area contributed by atoms with Crippen LogP contribution in [0.4, 0.5) is 0 Å². The zero-order valence-electron chi connectivity index (χ0n) is 18.7. The van der Waals surface area contributed by atoms with Crippen molar-refractivity contribution in [3.05, 3.63) is 0 Å². The smallest absolute Gasteiger partial charge is 0.312 e. The molecule has 154 valence electrons. The molecule has 0 fully saturated rings. The lowest BCUT2D eigenvalue weighted by atomic mass is 9.66. The maximum absolute atomic E-state index is 11.7. The van der Waals surface area contributed by atoms with Crippen molar-refractivity contribution in [2.45, 2.75) is 68.7 Å². The van der Waals surface area contributed by atoms with Crippen molar-refractivity contribution >= 4 is 17.9 Å². The molecule has 0 saturated carbocycles. The molecule has 0 N–H and O–H groups in total. The van der Waals surface area contributed by atoms with Crippen molar-refractivity contribution in [3.63, 3.8) is 0 Å². The fourth-order valence-corrected chi connectivity index (χ4v) is 1.79. The largest absolute Gasteiger partial charge is 0.469 e. The van der Waals surface area contributed by atoms with Gasteiger partial charge in [0.1, 0.15) is 0 Å². The predicted octanol–water partition coefficient (Wildman–Crippen LogP) is 4.01.